The highest BCUT2D eigenvalue weighted by Crippen LogP contribution is 2.67. The number of hydrogen-bond acceptors (Lipinski definition) is 7. The minimum Gasteiger partial charge on any atom is -0.504 e. The van der Waals surface area contributed by atoms with Crippen LogP contribution in [0.15, 0.2) is 42.5 Å². The monoisotopic (exact) mass is 654 g/mol. The van der Waals surface area contributed by atoms with E-state index in [0.29, 0.717) is 49.5 Å². The average Bonchev–Trinajstić information content (AvgIpc) is 3.73. The highest BCUT2D eigenvalue weighted by Gasteiger charge is 2.75. The Morgan fingerprint density at radius 2 is 1.96 bits per heavy atom. The molecule has 3 aliphatic carbocycles. The third kappa shape index (κ3) is 5.44. The minimum atomic E-state index is -4.83. The Morgan fingerprint density at radius 1 is 1.17 bits per heavy atom. The molecule has 1 saturated heterocycles. The molecule has 47 heavy (non-hydrogen) atoms. The summed E-state index contributed by atoms with van der Waals surface area (Å²) in [5.74, 6) is 0.168. The number of phenolic OH excluding ortho intramolecular Hbond substituents is 1. The molecule has 3 fully saturated rings. The number of phenols is 1. The van der Waals surface area contributed by atoms with Crippen LogP contribution in [0, 0.1) is 11.8 Å². The second-order valence-corrected chi connectivity index (χ2v) is 14.3. The van der Waals surface area contributed by atoms with Crippen molar-refractivity contribution < 1.29 is 42.1 Å². The number of likely N-dealkylation sites (tertiary alicyclic amines) is 1. The molecular weight excluding hydrogens is 613 g/mol. The number of rotatable bonds is 9. The van der Waals surface area contributed by atoms with Gasteiger partial charge in [-0.15, -0.1) is 13.2 Å². The molecule has 0 aromatic heterocycles. The summed E-state index contributed by atoms with van der Waals surface area (Å²) in [5, 5.41) is 11.1. The normalized spacial score (nSPS) is 29.4. The lowest BCUT2D eigenvalue weighted by Crippen LogP contribution is -2.79. The summed E-state index contributed by atoms with van der Waals surface area (Å²) in [4.78, 5) is 31.4. The van der Waals surface area contributed by atoms with Crippen LogP contribution in [0.4, 0.5) is 13.2 Å². The molecule has 8 nitrogen and oxygen atoms in total. The first-order valence-electron chi connectivity index (χ1n) is 16.6. The van der Waals surface area contributed by atoms with Gasteiger partial charge in [0.2, 0.25) is 5.91 Å². The molecule has 2 aromatic carbocycles. The number of benzene rings is 2. The fraction of sp³-hybridized carbons (Fsp3) is 0.556. The van der Waals surface area contributed by atoms with Crippen LogP contribution in [0.2, 0.25) is 0 Å². The van der Waals surface area contributed by atoms with Crippen LogP contribution in [-0.2, 0) is 26.2 Å². The Balaban J connectivity index is 1.27. The third-order valence-electron chi connectivity index (χ3n) is 10.8. The average molecular weight is 655 g/mol. The van der Waals surface area contributed by atoms with Gasteiger partial charge in [-0.3, -0.25) is 14.5 Å². The number of carbonyl (C=O) groups is 2. The van der Waals surface area contributed by atoms with Crippen LogP contribution in [-0.4, -0.2) is 76.6 Å². The molecule has 1 amide bonds. The van der Waals surface area contributed by atoms with Gasteiger partial charge in [0.1, 0.15) is 17.5 Å². The van der Waals surface area contributed by atoms with Crippen LogP contribution in [0.3, 0.4) is 0 Å². The lowest BCUT2D eigenvalue weighted by molar-refractivity contribution is -0.274. The van der Waals surface area contributed by atoms with E-state index >= 15 is 0 Å². The summed E-state index contributed by atoms with van der Waals surface area (Å²) in [7, 11) is 0. The molecule has 252 valence electrons. The minimum absolute atomic E-state index is 0.0319. The molecule has 7 rings (SSSR count). The molecule has 2 saturated carbocycles. The Morgan fingerprint density at radius 3 is 2.66 bits per heavy atom. The van der Waals surface area contributed by atoms with E-state index < -0.39 is 29.5 Å². The third-order valence-corrected chi connectivity index (χ3v) is 10.8. The summed E-state index contributed by atoms with van der Waals surface area (Å²) in [6, 6.07) is 8.65. The SMILES string of the molecule is CC(=O)O[C@@]12CC[C@@H](N(CC(C)C)C(=O)C=Cc3cccc(OC(F)(F)F)c3)[C@@H]3Oc4c(O)ccc5c4[C@@]31CCN(CC1CC1)[C@@H]2C5. The lowest BCUT2D eigenvalue weighted by Gasteiger charge is -2.65. The maximum atomic E-state index is 14.1. The lowest BCUT2D eigenvalue weighted by atomic mass is 9.48. The number of esters is 1. The first kappa shape index (κ1) is 31.8. The van der Waals surface area contributed by atoms with Crippen molar-refractivity contribution in [2.75, 3.05) is 19.6 Å². The second-order valence-electron chi connectivity index (χ2n) is 14.3. The van der Waals surface area contributed by atoms with E-state index in [0.717, 1.165) is 24.2 Å². The Bertz CT molecular complexity index is 1610. The summed E-state index contributed by atoms with van der Waals surface area (Å²) >= 11 is 0. The molecule has 5 aliphatic rings. The van der Waals surface area contributed by atoms with Gasteiger partial charge in [-0.2, -0.15) is 0 Å². The molecule has 2 aliphatic heterocycles. The van der Waals surface area contributed by atoms with Crippen molar-refractivity contribution in [2.45, 2.75) is 94.9 Å². The molecule has 1 N–H and O–H groups in total. The van der Waals surface area contributed by atoms with Crippen molar-refractivity contribution >= 4 is 18.0 Å². The first-order chi connectivity index (χ1) is 22.3. The molecular formula is C36H41F3N2O6. The van der Waals surface area contributed by atoms with E-state index in [1.54, 1.807) is 17.0 Å². The Labute approximate surface area is 272 Å². The van der Waals surface area contributed by atoms with Gasteiger partial charge < -0.3 is 24.2 Å². The molecule has 11 heteroatoms. The van der Waals surface area contributed by atoms with Crippen LogP contribution in [0.25, 0.3) is 6.08 Å². The van der Waals surface area contributed by atoms with Crippen LogP contribution < -0.4 is 9.47 Å². The van der Waals surface area contributed by atoms with Gasteiger partial charge in [0, 0.05) is 31.7 Å². The van der Waals surface area contributed by atoms with Crippen molar-refractivity contribution in [1.29, 1.82) is 0 Å². The molecule has 2 aromatic rings. The molecule has 1 spiro atoms. The number of nitrogens with zero attached hydrogens (tertiary/aromatic N) is 2. The number of carbonyl (C=O) groups excluding carboxylic acids is 2. The molecule has 2 bridgehead atoms. The van der Waals surface area contributed by atoms with Crippen LogP contribution in [0.1, 0.15) is 69.6 Å². The van der Waals surface area contributed by atoms with Crippen molar-refractivity contribution in [1.82, 2.24) is 9.80 Å². The van der Waals surface area contributed by atoms with Gasteiger partial charge in [-0.25, -0.2) is 0 Å². The Hall–Kier alpha value is -3.73. The van der Waals surface area contributed by atoms with Crippen LogP contribution in [0.5, 0.6) is 17.2 Å². The second kappa shape index (κ2) is 11.5. The zero-order valence-electron chi connectivity index (χ0n) is 26.9. The predicted octanol–water partition coefficient (Wildman–Crippen LogP) is 5.99. The standard InChI is InChI=1S/C36H41F3N2O6/c1-21(2)19-41(30(44)12-9-23-5-4-6-26(17-23)47-36(37,38)39)27-13-14-35(46-22(3)42)29-18-25-10-11-28(43)32-31(25)34(35,33(27)45-32)15-16-40(29)20-24-7-8-24/h4-6,9-12,17,21,24,27,29,33,43H,7-8,13-16,18-20H2,1-3H3/t27-,29-,33+,34+,35-/m1/s1. The number of alkyl halides is 3. The van der Waals surface area contributed by atoms with Gasteiger partial charge in [0.25, 0.3) is 0 Å². The van der Waals surface area contributed by atoms with Gasteiger partial charge in [0.05, 0.1) is 17.5 Å². The molecule has 0 unspecified atom stereocenters. The number of hydrogen-bond donors (Lipinski definition) is 1. The first-order valence-corrected chi connectivity index (χ1v) is 16.6. The zero-order chi connectivity index (χ0) is 33.3. The highest BCUT2D eigenvalue weighted by molar-refractivity contribution is 5.92. The molecule has 2 heterocycles. The van der Waals surface area contributed by atoms with E-state index in [4.69, 9.17) is 9.47 Å². The van der Waals surface area contributed by atoms with Crippen molar-refractivity contribution in [3.8, 4) is 17.2 Å². The number of ether oxygens (including phenoxy) is 3. The van der Waals surface area contributed by atoms with E-state index in [9.17, 15) is 27.9 Å². The van der Waals surface area contributed by atoms with Crippen molar-refractivity contribution in [3.63, 3.8) is 0 Å². The number of piperidine rings is 1. The van der Waals surface area contributed by atoms with Crippen LogP contribution >= 0.6 is 0 Å². The van der Waals surface area contributed by atoms with E-state index in [-0.39, 0.29) is 35.3 Å². The van der Waals surface area contributed by atoms with Gasteiger partial charge in [-0.1, -0.05) is 32.0 Å². The number of amides is 1. The smallest absolute Gasteiger partial charge is 0.504 e. The van der Waals surface area contributed by atoms with Crippen molar-refractivity contribution in [2.24, 2.45) is 11.8 Å². The maximum absolute atomic E-state index is 14.1. The maximum Gasteiger partial charge on any atom is 0.573 e. The number of halogens is 3. The number of aromatic hydroxyl groups is 1. The zero-order valence-corrected chi connectivity index (χ0v) is 26.9. The van der Waals surface area contributed by atoms with Gasteiger partial charge in [-0.05, 0) is 92.3 Å². The Kier molecular flexibility index (Phi) is 7.76. The highest BCUT2D eigenvalue weighted by atomic mass is 19.4. The van der Waals surface area contributed by atoms with E-state index in [1.165, 1.54) is 50.1 Å². The fourth-order valence-electron chi connectivity index (χ4n) is 9.07. The summed E-state index contributed by atoms with van der Waals surface area (Å²) < 4.78 is 55.8. The van der Waals surface area contributed by atoms with E-state index in [1.807, 2.05) is 19.9 Å². The van der Waals surface area contributed by atoms with Crippen molar-refractivity contribution in [3.05, 3.63) is 59.2 Å². The van der Waals surface area contributed by atoms with Gasteiger partial charge in [0.15, 0.2) is 11.5 Å². The van der Waals surface area contributed by atoms with E-state index in [2.05, 4.69) is 9.64 Å². The summed E-state index contributed by atoms with van der Waals surface area (Å²) in [5.41, 5.74) is 0.719. The largest absolute Gasteiger partial charge is 0.573 e. The predicted molar refractivity (Wildman–Crippen MR) is 167 cm³/mol. The quantitative estimate of drug-likeness (QED) is 0.263. The van der Waals surface area contributed by atoms with Gasteiger partial charge >= 0.3 is 12.3 Å². The summed E-state index contributed by atoms with van der Waals surface area (Å²) in [6.07, 6.45) is 2.25. The molecule has 0 radical (unpaired) electrons. The topological polar surface area (TPSA) is 88.5 Å². The fourth-order valence-corrected chi connectivity index (χ4v) is 9.07. The molecule has 5 atom stereocenters. The summed E-state index contributed by atoms with van der Waals surface area (Å²) in [6.45, 7) is 7.65.